The van der Waals surface area contributed by atoms with E-state index in [0.717, 1.165) is 18.2 Å². The topological polar surface area (TPSA) is 40.6 Å². The Hall–Kier alpha value is -2.02. The van der Waals surface area contributed by atoms with E-state index in [1.807, 2.05) is 30.3 Å². The molecule has 26 heavy (non-hydrogen) atoms. The third-order valence-corrected chi connectivity index (χ3v) is 6.61. The number of aryl methyl sites for hydroxylation is 1. The Balaban J connectivity index is 1.59. The second kappa shape index (κ2) is 8.12. The quantitative estimate of drug-likeness (QED) is 0.807. The fourth-order valence-corrected chi connectivity index (χ4v) is 4.70. The molecule has 138 valence electrons. The van der Waals surface area contributed by atoms with Gasteiger partial charge in [0.15, 0.2) is 0 Å². The van der Waals surface area contributed by atoms with Crippen molar-refractivity contribution < 1.29 is 12.8 Å². The van der Waals surface area contributed by atoms with Gasteiger partial charge in [-0.1, -0.05) is 48.6 Å². The van der Waals surface area contributed by atoms with Gasteiger partial charge in [-0.2, -0.15) is 4.31 Å². The number of hydrogen-bond donors (Lipinski definition) is 0. The van der Waals surface area contributed by atoms with E-state index in [1.54, 1.807) is 6.92 Å². The van der Waals surface area contributed by atoms with Gasteiger partial charge in [0.2, 0.25) is 10.0 Å². The lowest BCUT2D eigenvalue weighted by Gasteiger charge is -2.33. The van der Waals surface area contributed by atoms with Gasteiger partial charge in [-0.25, -0.2) is 12.8 Å². The van der Waals surface area contributed by atoms with Crippen LogP contribution in [0.1, 0.15) is 11.1 Å². The SMILES string of the molecule is Cc1ccc(F)cc1S(=O)(=O)N1CCN(C/C=C\c2ccccc2)CC1. The molecule has 2 aromatic rings. The summed E-state index contributed by atoms with van der Waals surface area (Å²) in [5, 5.41) is 0. The first kappa shape index (κ1) is 18.8. The normalized spacial score (nSPS) is 17.0. The van der Waals surface area contributed by atoms with Gasteiger partial charge in [-0.3, -0.25) is 4.90 Å². The van der Waals surface area contributed by atoms with Crippen molar-refractivity contribution in [2.75, 3.05) is 32.7 Å². The van der Waals surface area contributed by atoms with E-state index < -0.39 is 15.8 Å². The van der Waals surface area contributed by atoms with Crippen LogP contribution in [0.2, 0.25) is 0 Å². The van der Waals surface area contributed by atoms with E-state index in [9.17, 15) is 12.8 Å². The number of halogens is 1. The molecule has 0 unspecified atom stereocenters. The molecule has 3 rings (SSSR count). The fourth-order valence-electron chi connectivity index (χ4n) is 3.05. The number of sulfonamides is 1. The van der Waals surface area contributed by atoms with E-state index in [1.165, 1.54) is 16.4 Å². The average Bonchev–Trinajstić information content (AvgIpc) is 2.65. The van der Waals surface area contributed by atoms with E-state index in [0.29, 0.717) is 31.7 Å². The van der Waals surface area contributed by atoms with E-state index >= 15 is 0 Å². The first-order valence-corrected chi connectivity index (χ1v) is 10.1. The number of nitrogens with zero attached hydrogens (tertiary/aromatic N) is 2. The Bertz CT molecular complexity index is 874. The van der Waals surface area contributed by atoms with Crippen LogP contribution >= 0.6 is 0 Å². The third kappa shape index (κ3) is 4.38. The zero-order valence-corrected chi connectivity index (χ0v) is 15.6. The zero-order valence-electron chi connectivity index (χ0n) is 14.8. The van der Waals surface area contributed by atoms with Crippen LogP contribution < -0.4 is 0 Å². The number of benzene rings is 2. The zero-order chi connectivity index (χ0) is 18.6. The maximum atomic E-state index is 13.5. The van der Waals surface area contributed by atoms with Gasteiger partial charge in [-0.05, 0) is 30.2 Å². The summed E-state index contributed by atoms with van der Waals surface area (Å²) in [4.78, 5) is 2.28. The molecule has 0 aromatic heterocycles. The molecule has 6 heteroatoms. The van der Waals surface area contributed by atoms with Crippen molar-refractivity contribution in [3.05, 3.63) is 71.6 Å². The molecule has 0 spiro atoms. The molecule has 0 aliphatic carbocycles. The first-order chi connectivity index (χ1) is 12.5. The van der Waals surface area contributed by atoms with Gasteiger partial charge in [0.25, 0.3) is 0 Å². The maximum absolute atomic E-state index is 13.5. The Morgan fingerprint density at radius 3 is 2.42 bits per heavy atom. The minimum Gasteiger partial charge on any atom is -0.297 e. The highest BCUT2D eigenvalue weighted by Crippen LogP contribution is 2.22. The monoisotopic (exact) mass is 374 g/mol. The minimum atomic E-state index is -3.65. The molecule has 0 bridgehead atoms. The van der Waals surface area contributed by atoms with Gasteiger partial charge in [0.1, 0.15) is 5.82 Å². The van der Waals surface area contributed by atoms with E-state index in [-0.39, 0.29) is 4.90 Å². The third-order valence-electron chi connectivity index (χ3n) is 4.57. The lowest BCUT2D eigenvalue weighted by atomic mass is 10.2. The summed E-state index contributed by atoms with van der Waals surface area (Å²) in [5.41, 5.74) is 1.72. The molecule has 4 nitrogen and oxygen atoms in total. The highest BCUT2D eigenvalue weighted by atomic mass is 32.2. The standard InChI is InChI=1S/C20H23FN2O2S/c1-17-9-10-19(21)16-20(17)26(24,25)23-14-12-22(13-15-23)11-5-8-18-6-3-2-4-7-18/h2-10,16H,11-15H2,1H3/b8-5-. The van der Waals surface area contributed by atoms with Crippen LogP contribution in [0.3, 0.4) is 0 Å². The lowest BCUT2D eigenvalue weighted by Crippen LogP contribution is -2.48. The van der Waals surface area contributed by atoms with Crippen molar-refractivity contribution in [2.24, 2.45) is 0 Å². The van der Waals surface area contributed by atoms with Crippen molar-refractivity contribution in [3.63, 3.8) is 0 Å². The summed E-state index contributed by atoms with van der Waals surface area (Å²) < 4.78 is 40.5. The Kier molecular flexibility index (Phi) is 5.86. The fraction of sp³-hybridized carbons (Fsp3) is 0.300. The summed E-state index contributed by atoms with van der Waals surface area (Å²) in [5.74, 6) is -0.529. The number of rotatable bonds is 5. The van der Waals surface area contributed by atoms with Crippen molar-refractivity contribution in [2.45, 2.75) is 11.8 Å². The van der Waals surface area contributed by atoms with Gasteiger partial charge in [-0.15, -0.1) is 0 Å². The largest absolute Gasteiger partial charge is 0.297 e. The van der Waals surface area contributed by atoms with Crippen LogP contribution in [0, 0.1) is 12.7 Å². The van der Waals surface area contributed by atoms with Crippen molar-refractivity contribution in [3.8, 4) is 0 Å². The van der Waals surface area contributed by atoms with Gasteiger partial charge in [0.05, 0.1) is 4.90 Å². The predicted octanol–water partition coefficient (Wildman–Crippen LogP) is 3.15. The van der Waals surface area contributed by atoms with E-state index in [2.05, 4.69) is 17.1 Å². The van der Waals surface area contributed by atoms with Crippen LogP contribution in [0.15, 0.2) is 59.5 Å². The molecule has 2 aromatic carbocycles. The van der Waals surface area contributed by atoms with Gasteiger partial charge >= 0.3 is 0 Å². The van der Waals surface area contributed by atoms with Crippen molar-refractivity contribution >= 4 is 16.1 Å². The van der Waals surface area contributed by atoms with Crippen LogP contribution in [0.5, 0.6) is 0 Å². The van der Waals surface area contributed by atoms with Crippen molar-refractivity contribution in [1.29, 1.82) is 0 Å². The molecule has 1 saturated heterocycles. The summed E-state index contributed by atoms with van der Waals surface area (Å²) in [6.45, 7) is 4.62. The molecule has 1 aliphatic heterocycles. The first-order valence-electron chi connectivity index (χ1n) is 8.67. The summed E-state index contributed by atoms with van der Waals surface area (Å²) in [6.07, 6.45) is 4.16. The summed E-state index contributed by atoms with van der Waals surface area (Å²) in [6, 6.07) is 14.0. The van der Waals surface area contributed by atoms with Gasteiger partial charge in [0, 0.05) is 32.7 Å². The molecule has 0 amide bonds. The molecular formula is C20H23FN2O2S. The lowest BCUT2D eigenvalue weighted by molar-refractivity contribution is 0.204. The summed E-state index contributed by atoms with van der Waals surface area (Å²) >= 11 is 0. The molecule has 0 N–H and O–H groups in total. The highest BCUT2D eigenvalue weighted by Gasteiger charge is 2.29. The van der Waals surface area contributed by atoms with Gasteiger partial charge < -0.3 is 0 Å². The maximum Gasteiger partial charge on any atom is 0.243 e. The van der Waals surface area contributed by atoms with Crippen LogP contribution in [0.4, 0.5) is 4.39 Å². The second-order valence-electron chi connectivity index (χ2n) is 6.43. The van der Waals surface area contributed by atoms with Crippen LogP contribution in [-0.4, -0.2) is 50.3 Å². The number of piperazine rings is 1. The Labute approximate surface area is 154 Å². The second-order valence-corrected chi connectivity index (χ2v) is 8.33. The molecule has 1 heterocycles. The van der Waals surface area contributed by atoms with Crippen molar-refractivity contribution in [1.82, 2.24) is 9.21 Å². The highest BCUT2D eigenvalue weighted by molar-refractivity contribution is 7.89. The van der Waals surface area contributed by atoms with E-state index in [4.69, 9.17) is 0 Å². The smallest absolute Gasteiger partial charge is 0.243 e. The molecule has 1 aliphatic rings. The van der Waals surface area contributed by atoms with Crippen LogP contribution in [0.25, 0.3) is 6.08 Å². The molecule has 0 radical (unpaired) electrons. The molecular weight excluding hydrogens is 351 g/mol. The molecule has 1 fully saturated rings. The average molecular weight is 374 g/mol. The Morgan fingerprint density at radius 2 is 1.73 bits per heavy atom. The minimum absolute atomic E-state index is 0.0647. The van der Waals surface area contributed by atoms with Crippen LogP contribution in [-0.2, 0) is 10.0 Å². The number of hydrogen-bond acceptors (Lipinski definition) is 3. The molecule has 0 saturated carbocycles. The predicted molar refractivity (Wildman–Crippen MR) is 102 cm³/mol. The Morgan fingerprint density at radius 1 is 1.04 bits per heavy atom. The molecule has 0 atom stereocenters. The summed E-state index contributed by atoms with van der Waals surface area (Å²) in [7, 11) is -3.65.